The van der Waals surface area contributed by atoms with Gasteiger partial charge in [0.25, 0.3) is 0 Å². The standard InChI is InChI=1S/C30H32N4OS/c1-19-9-8-11-27(21(19)3)34-20(2)17-25(22(34)4)29-28(26-10-6-7-16-31-26)32-30(36)33(29)18-23-12-14-24(35-5)15-13-23/h6-17,28-29H,18H2,1-5H3,(H,32,36)/t28-,29+/m0/s1. The van der Waals surface area contributed by atoms with Gasteiger partial charge in [0, 0.05) is 29.8 Å². The van der Waals surface area contributed by atoms with Gasteiger partial charge >= 0.3 is 0 Å². The summed E-state index contributed by atoms with van der Waals surface area (Å²) in [4.78, 5) is 7.00. The molecule has 184 valence electrons. The van der Waals surface area contributed by atoms with E-state index in [0.29, 0.717) is 6.54 Å². The van der Waals surface area contributed by atoms with Crippen molar-refractivity contribution in [3.05, 3.63) is 112 Å². The van der Waals surface area contributed by atoms with Crippen LogP contribution < -0.4 is 10.1 Å². The average molecular weight is 497 g/mol. The highest BCUT2D eigenvalue weighted by atomic mass is 32.1. The molecule has 2 aromatic heterocycles. The molecule has 2 atom stereocenters. The minimum absolute atomic E-state index is 0.000401. The summed E-state index contributed by atoms with van der Waals surface area (Å²) < 4.78 is 7.73. The summed E-state index contributed by atoms with van der Waals surface area (Å²) in [5.41, 5.74) is 9.65. The lowest BCUT2D eigenvalue weighted by atomic mass is 9.96. The van der Waals surface area contributed by atoms with E-state index in [1.54, 1.807) is 7.11 Å². The van der Waals surface area contributed by atoms with Gasteiger partial charge in [-0.3, -0.25) is 4.98 Å². The molecular weight excluding hydrogens is 464 g/mol. The van der Waals surface area contributed by atoms with Crippen molar-refractivity contribution in [2.45, 2.75) is 46.3 Å². The van der Waals surface area contributed by atoms with Gasteiger partial charge in [-0.05, 0) is 98.6 Å². The first kappa shape index (κ1) is 24.1. The number of methoxy groups -OCH3 is 1. The highest BCUT2D eigenvalue weighted by molar-refractivity contribution is 7.80. The van der Waals surface area contributed by atoms with Crippen LogP contribution in [0, 0.1) is 27.7 Å². The van der Waals surface area contributed by atoms with Crippen LogP contribution in [0.25, 0.3) is 5.69 Å². The third-order valence-electron chi connectivity index (χ3n) is 7.32. The number of thiocarbonyl (C=S) groups is 1. The first-order valence-electron chi connectivity index (χ1n) is 12.3. The van der Waals surface area contributed by atoms with E-state index in [-0.39, 0.29) is 12.1 Å². The Kier molecular flexibility index (Phi) is 6.54. The predicted molar refractivity (Wildman–Crippen MR) is 149 cm³/mol. The van der Waals surface area contributed by atoms with Crippen molar-refractivity contribution in [1.29, 1.82) is 0 Å². The largest absolute Gasteiger partial charge is 0.497 e. The number of pyridine rings is 1. The molecule has 1 N–H and O–H groups in total. The quantitative estimate of drug-likeness (QED) is 0.318. The number of aromatic nitrogens is 2. The molecule has 0 spiro atoms. The second kappa shape index (κ2) is 9.78. The van der Waals surface area contributed by atoms with E-state index in [4.69, 9.17) is 21.9 Å². The average Bonchev–Trinajstić information content (AvgIpc) is 3.36. The second-order valence-electron chi connectivity index (χ2n) is 9.48. The smallest absolute Gasteiger partial charge is 0.170 e. The molecule has 3 heterocycles. The number of nitrogens with one attached hydrogen (secondary N) is 1. The van der Waals surface area contributed by atoms with Gasteiger partial charge in [-0.15, -0.1) is 0 Å². The van der Waals surface area contributed by atoms with Crippen LogP contribution in [0.5, 0.6) is 5.75 Å². The Morgan fingerprint density at radius 2 is 1.75 bits per heavy atom. The van der Waals surface area contributed by atoms with Gasteiger partial charge in [-0.25, -0.2) is 0 Å². The van der Waals surface area contributed by atoms with Gasteiger partial charge < -0.3 is 19.5 Å². The van der Waals surface area contributed by atoms with Gasteiger partial charge in [-0.2, -0.15) is 0 Å². The zero-order valence-electron chi connectivity index (χ0n) is 21.4. The molecular formula is C30H32N4OS. The van der Waals surface area contributed by atoms with Crippen molar-refractivity contribution in [1.82, 2.24) is 19.8 Å². The number of ether oxygens (including phenoxy) is 1. The first-order chi connectivity index (χ1) is 17.4. The summed E-state index contributed by atoms with van der Waals surface area (Å²) in [6.45, 7) is 9.45. The first-order valence-corrected chi connectivity index (χ1v) is 12.7. The van der Waals surface area contributed by atoms with E-state index >= 15 is 0 Å². The molecule has 0 aliphatic carbocycles. The highest BCUT2D eigenvalue weighted by Gasteiger charge is 2.41. The van der Waals surface area contributed by atoms with E-state index in [2.05, 4.69) is 84.9 Å². The maximum Gasteiger partial charge on any atom is 0.170 e. The van der Waals surface area contributed by atoms with Crippen molar-refractivity contribution in [3.63, 3.8) is 0 Å². The van der Waals surface area contributed by atoms with Crippen LogP contribution in [0.15, 0.2) is 72.9 Å². The molecule has 1 saturated heterocycles. The molecule has 1 fully saturated rings. The van der Waals surface area contributed by atoms with Gasteiger partial charge in [0.05, 0.1) is 24.9 Å². The molecule has 36 heavy (non-hydrogen) atoms. The Labute approximate surface area is 218 Å². The normalized spacial score (nSPS) is 17.4. The van der Waals surface area contributed by atoms with Crippen LogP contribution >= 0.6 is 12.2 Å². The minimum Gasteiger partial charge on any atom is -0.497 e. The third-order valence-corrected chi connectivity index (χ3v) is 7.67. The molecule has 4 aromatic rings. The molecule has 0 radical (unpaired) electrons. The maximum atomic E-state index is 5.91. The molecule has 5 rings (SSSR count). The lowest BCUT2D eigenvalue weighted by molar-refractivity contribution is 0.310. The molecule has 2 aromatic carbocycles. The summed E-state index contributed by atoms with van der Waals surface area (Å²) in [5.74, 6) is 0.848. The molecule has 0 amide bonds. The Bertz CT molecular complexity index is 1390. The zero-order valence-corrected chi connectivity index (χ0v) is 22.3. The highest BCUT2D eigenvalue weighted by Crippen LogP contribution is 2.42. The van der Waals surface area contributed by atoms with Crippen molar-refractivity contribution in [2.24, 2.45) is 0 Å². The number of hydrogen-bond acceptors (Lipinski definition) is 3. The van der Waals surface area contributed by atoms with Crippen LogP contribution in [-0.4, -0.2) is 26.7 Å². The molecule has 1 aliphatic rings. The molecule has 5 nitrogen and oxygen atoms in total. The number of benzene rings is 2. The molecule has 0 unspecified atom stereocenters. The summed E-state index contributed by atoms with van der Waals surface area (Å²) >= 11 is 5.91. The fourth-order valence-electron chi connectivity index (χ4n) is 5.28. The van der Waals surface area contributed by atoms with E-state index < -0.39 is 0 Å². The summed E-state index contributed by atoms with van der Waals surface area (Å²) in [6, 6.07) is 23.0. The van der Waals surface area contributed by atoms with Crippen LogP contribution in [0.3, 0.4) is 0 Å². The zero-order chi connectivity index (χ0) is 25.4. The third kappa shape index (κ3) is 4.26. The number of rotatable bonds is 6. The maximum absolute atomic E-state index is 5.91. The fourth-order valence-corrected chi connectivity index (χ4v) is 5.58. The minimum atomic E-state index is -0.0514. The second-order valence-corrected chi connectivity index (χ2v) is 9.87. The van der Waals surface area contributed by atoms with Gasteiger partial charge in [0.15, 0.2) is 5.11 Å². The molecule has 0 bridgehead atoms. The Hall–Kier alpha value is -3.64. The van der Waals surface area contributed by atoms with Crippen LogP contribution in [-0.2, 0) is 6.54 Å². The topological polar surface area (TPSA) is 42.3 Å². The summed E-state index contributed by atoms with van der Waals surface area (Å²) in [6.07, 6.45) is 1.85. The SMILES string of the molecule is COc1ccc(CN2C(=S)N[C@@H](c3ccccn3)[C@H]2c2cc(C)n(-c3cccc(C)c3C)c2C)cc1. The fraction of sp³-hybridized carbons (Fsp3) is 0.267. The van der Waals surface area contributed by atoms with Gasteiger partial charge in [-0.1, -0.05) is 30.3 Å². The molecule has 0 saturated carbocycles. The summed E-state index contributed by atoms with van der Waals surface area (Å²) in [7, 11) is 1.69. The monoisotopic (exact) mass is 496 g/mol. The summed E-state index contributed by atoms with van der Waals surface area (Å²) in [5, 5.41) is 4.33. The van der Waals surface area contributed by atoms with Crippen molar-refractivity contribution < 1.29 is 4.74 Å². The number of nitrogens with zero attached hydrogens (tertiary/aromatic N) is 3. The van der Waals surface area contributed by atoms with E-state index in [1.807, 2.05) is 30.5 Å². The Morgan fingerprint density at radius 1 is 0.972 bits per heavy atom. The van der Waals surface area contributed by atoms with Crippen LogP contribution in [0.2, 0.25) is 0 Å². The lowest BCUT2D eigenvalue weighted by Crippen LogP contribution is -2.29. The van der Waals surface area contributed by atoms with Crippen LogP contribution in [0.1, 0.15) is 51.4 Å². The van der Waals surface area contributed by atoms with Crippen molar-refractivity contribution >= 4 is 17.3 Å². The van der Waals surface area contributed by atoms with Gasteiger partial charge in [0.2, 0.25) is 0 Å². The van der Waals surface area contributed by atoms with E-state index in [9.17, 15) is 0 Å². The molecule has 6 heteroatoms. The van der Waals surface area contributed by atoms with E-state index in [0.717, 1.165) is 16.6 Å². The van der Waals surface area contributed by atoms with Gasteiger partial charge in [0.1, 0.15) is 5.75 Å². The Morgan fingerprint density at radius 3 is 2.44 bits per heavy atom. The predicted octanol–water partition coefficient (Wildman–Crippen LogP) is 6.29. The lowest BCUT2D eigenvalue weighted by Gasteiger charge is -2.28. The number of hydrogen-bond donors (Lipinski definition) is 1. The molecule has 1 aliphatic heterocycles. The van der Waals surface area contributed by atoms with Crippen LogP contribution in [0.4, 0.5) is 0 Å². The van der Waals surface area contributed by atoms with E-state index in [1.165, 1.54) is 39.3 Å². The van der Waals surface area contributed by atoms with Crippen molar-refractivity contribution in [3.8, 4) is 11.4 Å². The number of aryl methyl sites for hydroxylation is 2. The Balaban J connectivity index is 1.61. The van der Waals surface area contributed by atoms with Crippen molar-refractivity contribution in [2.75, 3.05) is 7.11 Å².